The summed E-state index contributed by atoms with van der Waals surface area (Å²) in [5.74, 6) is 0.297. The van der Waals surface area contributed by atoms with Gasteiger partial charge in [0, 0.05) is 30.5 Å². The van der Waals surface area contributed by atoms with Crippen LogP contribution in [0.15, 0.2) is 24.3 Å². The number of aromatic nitrogens is 2. The third kappa shape index (κ3) is 4.53. The second-order valence-electron chi connectivity index (χ2n) is 7.38. The number of urea groups is 1. The van der Waals surface area contributed by atoms with Gasteiger partial charge in [0.15, 0.2) is 6.23 Å². The fourth-order valence-corrected chi connectivity index (χ4v) is 3.56. The van der Waals surface area contributed by atoms with Crippen molar-refractivity contribution in [2.24, 2.45) is 0 Å². The lowest BCUT2D eigenvalue weighted by Gasteiger charge is -2.36. The van der Waals surface area contributed by atoms with E-state index in [0.29, 0.717) is 28.9 Å². The van der Waals surface area contributed by atoms with E-state index in [9.17, 15) is 9.59 Å². The van der Waals surface area contributed by atoms with Crippen LogP contribution in [0.4, 0.5) is 14.7 Å². The highest BCUT2D eigenvalue weighted by Crippen LogP contribution is 2.33. The number of hydrogen-bond acceptors (Lipinski definition) is 7. The van der Waals surface area contributed by atoms with E-state index in [-0.39, 0.29) is 11.4 Å². The van der Waals surface area contributed by atoms with Crippen LogP contribution in [0.5, 0.6) is 5.75 Å². The molecule has 2 aromatic rings. The zero-order valence-electron chi connectivity index (χ0n) is 16.0. The standard InChI is InChI=1S/C18H21ClN4O4S/c1-18(2,3)14-20-21-15(28-14)23-13(9-10-22(4)16(23)24)27-17(25)26-12-7-5-11(19)6-8-12/h5-8,13H,9-10H2,1-4H3. The Morgan fingerprint density at radius 2 is 1.93 bits per heavy atom. The van der Waals surface area contributed by atoms with Crippen LogP contribution >= 0.6 is 22.9 Å². The lowest BCUT2D eigenvalue weighted by atomic mass is 9.98. The summed E-state index contributed by atoms with van der Waals surface area (Å²) >= 11 is 7.12. The van der Waals surface area contributed by atoms with Crippen molar-refractivity contribution >= 4 is 40.3 Å². The Morgan fingerprint density at radius 1 is 1.25 bits per heavy atom. The maximum atomic E-state index is 12.7. The van der Waals surface area contributed by atoms with Gasteiger partial charge in [-0.1, -0.05) is 43.7 Å². The second kappa shape index (κ2) is 7.92. The first-order valence-electron chi connectivity index (χ1n) is 8.67. The van der Waals surface area contributed by atoms with Crippen LogP contribution < -0.4 is 9.64 Å². The summed E-state index contributed by atoms with van der Waals surface area (Å²) in [6.45, 7) is 6.48. The van der Waals surface area contributed by atoms with Crippen molar-refractivity contribution in [1.82, 2.24) is 15.1 Å². The Balaban J connectivity index is 1.77. The molecule has 1 aliphatic rings. The number of carbonyl (C=O) groups is 2. The molecule has 0 saturated carbocycles. The fraction of sp³-hybridized carbons (Fsp3) is 0.444. The van der Waals surface area contributed by atoms with Gasteiger partial charge < -0.3 is 14.4 Å². The Bertz CT molecular complexity index is 865. The molecule has 3 rings (SSSR count). The summed E-state index contributed by atoms with van der Waals surface area (Å²) in [6.07, 6.45) is -1.32. The van der Waals surface area contributed by atoms with E-state index in [4.69, 9.17) is 21.1 Å². The van der Waals surface area contributed by atoms with Crippen molar-refractivity contribution in [1.29, 1.82) is 0 Å². The minimum atomic E-state index is -0.907. The summed E-state index contributed by atoms with van der Waals surface area (Å²) in [7, 11) is 1.68. The van der Waals surface area contributed by atoms with Crippen LogP contribution in [0.3, 0.4) is 0 Å². The highest BCUT2D eigenvalue weighted by atomic mass is 35.5. The van der Waals surface area contributed by atoms with Crippen LogP contribution in [0, 0.1) is 0 Å². The number of hydrogen-bond donors (Lipinski definition) is 0. The van der Waals surface area contributed by atoms with Crippen LogP contribution in [0.25, 0.3) is 0 Å². The predicted molar refractivity (Wildman–Crippen MR) is 106 cm³/mol. The van der Waals surface area contributed by atoms with Gasteiger partial charge in [0.05, 0.1) is 0 Å². The molecule has 1 aromatic heterocycles. The van der Waals surface area contributed by atoms with Crippen molar-refractivity contribution in [3.05, 3.63) is 34.3 Å². The van der Waals surface area contributed by atoms with Gasteiger partial charge in [0.2, 0.25) is 5.13 Å². The summed E-state index contributed by atoms with van der Waals surface area (Å²) < 4.78 is 10.6. The molecule has 1 aromatic carbocycles. The number of ether oxygens (including phenoxy) is 2. The molecule has 8 nitrogen and oxygen atoms in total. The number of rotatable bonds is 3. The quantitative estimate of drug-likeness (QED) is 0.539. The normalized spacial score (nSPS) is 17.6. The zero-order valence-corrected chi connectivity index (χ0v) is 17.6. The average molecular weight is 425 g/mol. The largest absolute Gasteiger partial charge is 0.515 e. The molecule has 1 unspecified atom stereocenters. The van der Waals surface area contributed by atoms with Gasteiger partial charge in [-0.05, 0) is 24.3 Å². The molecule has 1 fully saturated rings. The molecule has 2 heterocycles. The highest BCUT2D eigenvalue weighted by Gasteiger charge is 2.38. The zero-order chi connectivity index (χ0) is 20.5. The molecule has 0 N–H and O–H groups in total. The van der Waals surface area contributed by atoms with Crippen LogP contribution in [0.2, 0.25) is 5.02 Å². The number of nitrogens with zero attached hydrogens (tertiary/aromatic N) is 4. The van der Waals surface area contributed by atoms with Gasteiger partial charge in [-0.3, -0.25) is 0 Å². The molecule has 2 amide bonds. The SMILES string of the molecule is CN1CCC(OC(=O)Oc2ccc(Cl)cc2)N(c2nnc(C(C)(C)C)s2)C1=O. The molecule has 150 valence electrons. The van der Waals surface area contributed by atoms with Crippen LogP contribution in [0.1, 0.15) is 32.2 Å². The first kappa shape index (κ1) is 20.3. The molecule has 1 saturated heterocycles. The lowest BCUT2D eigenvalue weighted by Crippen LogP contribution is -2.55. The van der Waals surface area contributed by atoms with Crippen molar-refractivity contribution in [2.75, 3.05) is 18.5 Å². The topological polar surface area (TPSA) is 84.9 Å². The number of amides is 2. The summed E-state index contributed by atoms with van der Waals surface area (Å²) in [6, 6.07) is 6.01. The van der Waals surface area contributed by atoms with Gasteiger partial charge >= 0.3 is 12.2 Å². The number of halogens is 1. The third-order valence-corrected chi connectivity index (χ3v) is 5.64. The van der Waals surface area contributed by atoms with Crippen LogP contribution in [-0.2, 0) is 10.2 Å². The maximum absolute atomic E-state index is 12.7. The van der Waals surface area contributed by atoms with Gasteiger partial charge in [-0.2, -0.15) is 0 Å². The van der Waals surface area contributed by atoms with E-state index in [1.807, 2.05) is 20.8 Å². The number of anilines is 1. The van der Waals surface area contributed by atoms with Crippen molar-refractivity contribution in [2.45, 2.75) is 38.8 Å². The molecule has 1 aliphatic heterocycles. The smallest absolute Gasteiger partial charge is 0.409 e. The molecular formula is C18H21ClN4O4S. The van der Waals surface area contributed by atoms with Crippen LogP contribution in [-0.4, -0.2) is 47.1 Å². The Kier molecular flexibility index (Phi) is 5.76. The van der Waals surface area contributed by atoms with E-state index in [2.05, 4.69) is 10.2 Å². The van der Waals surface area contributed by atoms with Crippen molar-refractivity contribution in [3.63, 3.8) is 0 Å². The predicted octanol–water partition coefficient (Wildman–Crippen LogP) is 4.29. The van der Waals surface area contributed by atoms with Gasteiger partial charge in [-0.15, -0.1) is 10.2 Å². The molecule has 1 atom stereocenters. The molecule has 10 heteroatoms. The van der Waals surface area contributed by atoms with E-state index in [1.165, 1.54) is 16.2 Å². The first-order chi connectivity index (χ1) is 13.1. The number of carbonyl (C=O) groups excluding carboxylic acids is 2. The Morgan fingerprint density at radius 3 is 2.54 bits per heavy atom. The Hall–Kier alpha value is -2.39. The van der Waals surface area contributed by atoms with Crippen molar-refractivity contribution in [3.8, 4) is 5.75 Å². The van der Waals surface area contributed by atoms with Gasteiger partial charge in [0.1, 0.15) is 10.8 Å². The van der Waals surface area contributed by atoms with Crippen molar-refractivity contribution < 1.29 is 19.1 Å². The highest BCUT2D eigenvalue weighted by molar-refractivity contribution is 7.15. The van der Waals surface area contributed by atoms with E-state index in [0.717, 1.165) is 5.01 Å². The summed E-state index contributed by atoms with van der Waals surface area (Å²) in [5.41, 5.74) is -0.204. The molecule has 0 radical (unpaired) electrons. The molecule has 0 spiro atoms. The lowest BCUT2D eigenvalue weighted by molar-refractivity contribution is 0.0434. The number of benzene rings is 1. The monoisotopic (exact) mass is 424 g/mol. The molecule has 28 heavy (non-hydrogen) atoms. The summed E-state index contributed by atoms with van der Waals surface area (Å²) in [5, 5.41) is 10.0. The Labute approximate surface area is 172 Å². The maximum Gasteiger partial charge on any atom is 0.515 e. The third-order valence-electron chi connectivity index (χ3n) is 4.04. The second-order valence-corrected chi connectivity index (χ2v) is 8.77. The summed E-state index contributed by atoms with van der Waals surface area (Å²) in [4.78, 5) is 27.8. The first-order valence-corrected chi connectivity index (χ1v) is 9.87. The van der Waals surface area contributed by atoms with E-state index in [1.54, 1.807) is 36.2 Å². The minimum absolute atomic E-state index is 0.204. The molecule has 0 aliphatic carbocycles. The average Bonchev–Trinajstić information content (AvgIpc) is 3.10. The van der Waals surface area contributed by atoms with Gasteiger partial charge in [-0.25, -0.2) is 14.5 Å². The molecular weight excluding hydrogens is 404 g/mol. The van der Waals surface area contributed by atoms with Gasteiger partial charge in [0.25, 0.3) is 0 Å². The minimum Gasteiger partial charge on any atom is -0.409 e. The van der Waals surface area contributed by atoms with E-state index >= 15 is 0 Å². The molecule has 0 bridgehead atoms. The van der Waals surface area contributed by atoms with E-state index < -0.39 is 12.4 Å². The fourth-order valence-electron chi connectivity index (χ4n) is 2.50.